The van der Waals surface area contributed by atoms with Crippen LogP contribution in [0.15, 0.2) is 34.1 Å². The Morgan fingerprint density at radius 2 is 2.05 bits per heavy atom. The first-order valence-corrected chi connectivity index (χ1v) is 7.13. The Balaban J connectivity index is 2.25. The van der Waals surface area contributed by atoms with Gasteiger partial charge in [0.1, 0.15) is 4.90 Å². The summed E-state index contributed by atoms with van der Waals surface area (Å²) < 4.78 is 26.3. The van der Waals surface area contributed by atoms with Crippen molar-refractivity contribution in [3.8, 4) is 0 Å². The third-order valence-electron chi connectivity index (χ3n) is 2.52. The number of rotatable bonds is 4. The summed E-state index contributed by atoms with van der Waals surface area (Å²) in [6, 6.07) is 4.02. The smallest absolute Gasteiger partial charge is 0.264 e. The average molecular weight is 282 g/mol. The van der Waals surface area contributed by atoms with Crippen molar-refractivity contribution < 1.29 is 8.42 Å². The monoisotopic (exact) mass is 282 g/mol. The van der Waals surface area contributed by atoms with Gasteiger partial charge >= 0.3 is 0 Å². The van der Waals surface area contributed by atoms with Gasteiger partial charge in [0.05, 0.1) is 0 Å². The van der Waals surface area contributed by atoms with E-state index in [0.29, 0.717) is 0 Å². The number of H-pyrrole nitrogens is 2. The highest BCUT2D eigenvalue weighted by molar-refractivity contribution is 7.92. The van der Waals surface area contributed by atoms with Crippen LogP contribution in [0.25, 0.3) is 0 Å². The fourth-order valence-electron chi connectivity index (χ4n) is 1.44. The fraction of sp³-hybridized carbons (Fsp3) is 0.273. The lowest BCUT2D eigenvalue weighted by atomic mass is 10.1. The largest absolute Gasteiger partial charge is 0.328 e. The van der Waals surface area contributed by atoms with Crippen molar-refractivity contribution in [2.75, 3.05) is 4.72 Å². The van der Waals surface area contributed by atoms with Gasteiger partial charge in [-0.25, -0.2) is 8.42 Å². The lowest BCUT2D eigenvalue weighted by Crippen LogP contribution is -2.15. The van der Waals surface area contributed by atoms with Crippen LogP contribution in [0.1, 0.15) is 25.5 Å². The summed E-state index contributed by atoms with van der Waals surface area (Å²) in [6.45, 7) is 3.93. The second-order valence-corrected chi connectivity index (χ2v) is 6.04. The Bertz CT molecular complexity index is 710. The molecule has 2 aromatic rings. The molecule has 0 radical (unpaired) electrons. The summed E-state index contributed by atoms with van der Waals surface area (Å²) in [7, 11) is -3.75. The van der Waals surface area contributed by atoms with Gasteiger partial charge in [-0.1, -0.05) is 13.8 Å². The first-order valence-electron chi connectivity index (χ1n) is 5.65. The number of anilines is 1. The number of hydrogen-bond acceptors (Lipinski definition) is 4. The van der Waals surface area contributed by atoms with Gasteiger partial charge in [0.25, 0.3) is 10.0 Å². The van der Waals surface area contributed by atoms with Crippen LogP contribution < -0.4 is 10.3 Å². The highest BCUT2D eigenvalue weighted by atomic mass is 32.2. The van der Waals surface area contributed by atoms with Crippen LogP contribution in [-0.4, -0.2) is 23.6 Å². The molecule has 0 aliphatic heterocycles. The SMILES string of the molecule is CC(C)c1cc(NS(=O)(=O)c2ccc(=O)[nH]c2)n[nH]1. The molecule has 0 saturated carbocycles. The molecule has 0 aromatic carbocycles. The minimum Gasteiger partial charge on any atom is -0.328 e. The maximum atomic E-state index is 12.0. The fourth-order valence-corrected chi connectivity index (χ4v) is 2.40. The van der Waals surface area contributed by atoms with Crippen LogP contribution in [0.3, 0.4) is 0 Å². The average Bonchev–Trinajstić information content (AvgIpc) is 2.77. The normalized spacial score (nSPS) is 11.7. The van der Waals surface area contributed by atoms with E-state index in [4.69, 9.17) is 0 Å². The molecule has 19 heavy (non-hydrogen) atoms. The van der Waals surface area contributed by atoms with Crippen molar-refractivity contribution in [2.45, 2.75) is 24.7 Å². The quantitative estimate of drug-likeness (QED) is 0.778. The Morgan fingerprint density at radius 3 is 2.58 bits per heavy atom. The summed E-state index contributed by atoms with van der Waals surface area (Å²) in [5.74, 6) is 0.439. The molecule has 0 unspecified atom stereocenters. The molecule has 2 rings (SSSR count). The van der Waals surface area contributed by atoms with Gasteiger partial charge in [0, 0.05) is 24.0 Å². The second kappa shape index (κ2) is 4.88. The van der Waals surface area contributed by atoms with E-state index >= 15 is 0 Å². The van der Waals surface area contributed by atoms with Crippen molar-refractivity contribution in [1.29, 1.82) is 0 Å². The number of sulfonamides is 1. The van der Waals surface area contributed by atoms with Crippen LogP contribution in [0.5, 0.6) is 0 Å². The predicted octanol–water partition coefficient (Wildman–Crippen LogP) is 1.02. The Hall–Kier alpha value is -2.09. The van der Waals surface area contributed by atoms with E-state index in [0.717, 1.165) is 18.0 Å². The zero-order valence-corrected chi connectivity index (χ0v) is 11.3. The van der Waals surface area contributed by atoms with E-state index in [-0.39, 0.29) is 22.2 Å². The molecule has 0 bridgehead atoms. The topological polar surface area (TPSA) is 108 Å². The van der Waals surface area contributed by atoms with Crippen molar-refractivity contribution in [1.82, 2.24) is 15.2 Å². The van der Waals surface area contributed by atoms with Gasteiger partial charge in [-0.2, -0.15) is 5.10 Å². The minimum atomic E-state index is -3.75. The maximum Gasteiger partial charge on any atom is 0.264 e. The van der Waals surface area contributed by atoms with Gasteiger partial charge in [-0.3, -0.25) is 14.6 Å². The number of hydrogen-bond donors (Lipinski definition) is 3. The second-order valence-electron chi connectivity index (χ2n) is 4.36. The zero-order valence-electron chi connectivity index (χ0n) is 10.5. The van der Waals surface area contributed by atoms with Crippen molar-refractivity contribution in [3.63, 3.8) is 0 Å². The highest BCUT2D eigenvalue weighted by Crippen LogP contribution is 2.17. The summed E-state index contributed by atoms with van der Waals surface area (Å²) in [5.41, 5.74) is 0.472. The molecule has 0 aliphatic rings. The molecule has 3 N–H and O–H groups in total. The molecule has 7 nitrogen and oxygen atoms in total. The summed E-state index contributed by atoms with van der Waals surface area (Å²) in [6.07, 6.45) is 1.14. The van der Waals surface area contributed by atoms with E-state index in [1.165, 1.54) is 6.07 Å². The summed E-state index contributed by atoms with van der Waals surface area (Å²) in [4.78, 5) is 13.2. The van der Waals surface area contributed by atoms with Gasteiger partial charge in [0.15, 0.2) is 5.82 Å². The van der Waals surface area contributed by atoms with Gasteiger partial charge in [0.2, 0.25) is 5.56 Å². The third-order valence-corrected chi connectivity index (χ3v) is 3.88. The number of nitrogens with one attached hydrogen (secondary N) is 3. The van der Waals surface area contributed by atoms with E-state index in [2.05, 4.69) is 19.9 Å². The number of pyridine rings is 1. The molecule has 8 heteroatoms. The molecule has 0 fully saturated rings. The maximum absolute atomic E-state index is 12.0. The van der Waals surface area contributed by atoms with Crippen LogP contribution in [0.2, 0.25) is 0 Å². The van der Waals surface area contributed by atoms with E-state index in [1.54, 1.807) is 6.07 Å². The lowest BCUT2D eigenvalue weighted by Gasteiger charge is -2.04. The van der Waals surface area contributed by atoms with E-state index < -0.39 is 10.0 Å². The van der Waals surface area contributed by atoms with E-state index in [9.17, 15) is 13.2 Å². The third kappa shape index (κ3) is 3.02. The van der Waals surface area contributed by atoms with Crippen LogP contribution >= 0.6 is 0 Å². The molecule has 0 spiro atoms. The Kier molecular flexibility index (Phi) is 3.43. The molecule has 0 aliphatic carbocycles. The minimum absolute atomic E-state index is 0.0267. The molecule has 0 atom stereocenters. The molecular formula is C11H14N4O3S. The van der Waals surface area contributed by atoms with Crippen LogP contribution in [0, 0.1) is 0 Å². The summed E-state index contributed by atoms with van der Waals surface area (Å²) >= 11 is 0. The lowest BCUT2D eigenvalue weighted by molar-refractivity contribution is 0.600. The van der Waals surface area contributed by atoms with Crippen LogP contribution in [-0.2, 0) is 10.0 Å². The Labute approximate surface area is 110 Å². The summed E-state index contributed by atoms with van der Waals surface area (Å²) in [5, 5.41) is 6.63. The highest BCUT2D eigenvalue weighted by Gasteiger charge is 2.16. The van der Waals surface area contributed by atoms with E-state index in [1.807, 2.05) is 13.8 Å². The number of aromatic amines is 2. The standard InChI is InChI=1S/C11H14N4O3S/c1-7(2)9-5-10(14-13-9)15-19(17,18)8-3-4-11(16)12-6-8/h3-7H,1-2H3,(H,12,16)(H2,13,14,15). The van der Waals surface area contributed by atoms with Gasteiger partial charge < -0.3 is 4.98 Å². The molecule has 102 valence electrons. The van der Waals surface area contributed by atoms with Crippen molar-refractivity contribution in [3.05, 3.63) is 40.4 Å². The number of nitrogens with zero attached hydrogens (tertiary/aromatic N) is 1. The first-order chi connectivity index (χ1) is 8.88. The van der Waals surface area contributed by atoms with Crippen molar-refractivity contribution >= 4 is 15.8 Å². The van der Waals surface area contributed by atoms with Crippen LogP contribution in [0.4, 0.5) is 5.82 Å². The molecule has 2 aromatic heterocycles. The molecular weight excluding hydrogens is 268 g/mol. The zero-order chi connectivity index (χ0) is 14.0. The van der Waals surface area contributed by atoms with Gasteiger partial charge in [-0.05, 0) is 12.0 Å². The predicted molar refractivity (Wildman–Crippen MR) is 70.5 cm³/mol. The van der Waals surface area contributed by atoms with Crippen molar-refractivity contribution in [2.24, 2.45) is 0 Å². The Morgan fingerprint density at radius 1 is 1.32 bits per heavy atom. The van der Waals surface area contributed by atoms with Gasteiger partial charge in [-0.15, -0.1) is 0 Å². The number of aromatic nitrogens is 3. The molecule has 0 amide bonds. The molecule has 2 heterocycles. The molecule has 0 saturated heterocycles. The first kappa shape index (κ1) is 13.3.